The van der Waals surface area contributed by atoms with E-state index < -0.39 is 11.9 Å². The number of H-pyrrole nitrogens is 1. The van der Waals surface area contributed by atoms with Crippen molar-refractivity contribution < 1.29 is 14.4 Å². The van der Waals surface area contributed by atoms with E-state index >= 15 is 0 Å². The molecule has 0 spiro atoms. The summed E-state index contributed by atoms with van der Waals surface area (Å²) in [7, 11) is 0. The van der Waals surface area contributed by atoms with Crippen molar-refractivity contribution in [3.05, 3.63) is 30.0 Å². The van der Waals surface area contributed by atoms with Gasteiger partial charge in [-0.15, -0.1) is 0 Å². The summed E-state index contributed by atoms with van der Waals surface area (Å²) in [5, 5.41) is 10.1. The molecule has 0 saturated heterocycles. The Balaban J connectivity index is 1.80. The normalized spacial score (nSPS) is 19.3. The maximum Gasteiger partial charge on any atom is 0.273 e. The zero-order valence-electron chi connectivity index (χ0n) is 10.7. The summed E-state index contributed by atoms with van der Waals surface area (Å²) in [5.41, 5.74) is 1.04. The van der Waals surface area contributed by atoms with Crippen LogP contribution in [0.3, 0.4) is 0 Å². The van der Waals surface area contributed by atoms with E-state index in [1.807, 2.05) is 18.2 Å². The number of aromatic amines is 1. The van der Waals surface area contributed by atoms with Gasteiger partial charge in [-0.2, -0.15) is 5.10 Å². The summed E-state index contributed by atoms with van der Waals surface area (Å²) in [5.74, 6) is -0.685. The Morgan fingerprint density at radius 3 is 2.90 bits per heavy atom. The molecule has 1 saturated carbocycles. The molecule has 20 heavy (non-hydrogen) atoms. The highest BCUT2D eigenvalue weighted by atomic mass is 16.2. The number of amides is 1. The lowest BCUT2D eigenvalue weighted by Gasteiger charge is -2.20. The van der Waals surface area contributed by atoms with Crippen LogP contribution in [0.25, 0.3) is 10.9 Å². The van der Waals surface area contributed by atoms with Gasteiger partial charge in [0.2, 0.25) is 0 Å². The number of carbonyl (C=O) groups is 3. The Morgan fingerprint density at radius 1 is 1.30 bits per heavy atom. The number of nitrogens with zero attached hydrogens (tertiary/aromatic N) is 1. The second kappa shape index (κ2) is 4.88. The van der Waals surface area contributed by atoms with Crippen molar-refractivity contribution in [3.8, 4) is 0 Å². The number of hydrogen-bond donors (Lipinski definition) is 2. The molecule has 3 rings (SSSR count). The Morgan fingerprint density at radius 2 is 2.10 bits per heavy atom. The second-order valence-corrected chi connectivity index (χ2v) is 4.86. The third kappa shape index (κ3) is 2.20. The quantitative estimate of drug-likeness (QED) is 0.796. The molecule has 102 valence electrons. The summed E-state index contributed by atoms with van der Waals surface area (Å²) >= 11 is 0. The minimum Gasteiger partial charge on any atom is -0.341 e. The standard InChI is InChI=1S/C14H13N3O3/c18-8-5-6-11(12(19)7-8)15-14(20)13-9-3-1-2-4-10(9)16-17-13/h1-4,11H,5-7H2,(H,15,20)(H,16,17). The number of Topliss-reactive ketones (excluding diaryl/α,β-unsaturated/α-hetero) is 2. The number of carbonyl (C=O) groups excluding carboxylic acids is 3. The van der Waals surface area contributed by atoms with E-state index in [1.54, 1.807) is 6.07 Å². The molecule has 1 aromatic heterocycles. The minimum absolute atomic E-state index is 0.0641. The molecule has 0 aliphatic heterocycles. The van der Waals surface area contributed by atoms with Crippen molar-refractivity contribution in [2.45, 2.75) is 25.3 Å². The Hall–Kier alpha value is -2.50. The highest BCUT2D eigenvalue weighted by molar-refractivity contribution is 6.09. The van der Waals surface area contributed by atoms with E-state index in [0.29, 0.717) is 18.2 Å². The number of fused-ring (bicyclic) bond motifs is 1. The molecule has 1 unspecified atom stereocenters. The van der Waals surface area contributed by atoms with Crippen molar-refractivity contribution in [1.29, 1.82) is 0 Å². The van der Waals surface area contributed by atoms with Crippen LogP contribution in [0.5, 0.6) is 0 Å². The molecular formula is C14H13N3O3. The van der Waals surface area contributed by atoms with Crippen molar-refractivity contribution in [2.24, 2.45) is 0 Å². The van der Waals surface area contributed by atoms with Gasteiger partial charge < -0.3 is 5.32 Å². The van der Waals surface area contributed by atoms with Crippen molar-refractivity contribution in [2.75, 3.05) is 0 Å². The molecule has 0 radical (unpaired) electrons. The van der Waals surface area contributed by atoms with Gasteiger partial charge in [-0.3, -0.25) is 19.5 Å². The number of hydrogen-bond acceptors (Lipinski definition) is 4. The molecule has 1 aliphatic rings. The van der Waals surface area contributed by atoms with E-state index in [9.17, 15) is 14.4 Å². The monoisotopic (exact) mass is 271 g/mol. The van der Waals surface area contributed by atoms with Gasteiger partial charge in [0.05, 0.1) is 18.0 Å². The van der Waals surface area contributed by atoms with Crippen LogP contribution in [0.2, 0.25) is 0 Å². The summed E-state index contributed by atoms with van der Waals surface area (Å²) in [6.45, 7) is 0. The Bertz CT molecular complexity index is 705. The van der Waals surface area contributed by atoms with Crippen molar-refractivity contribution in [3.63, 3.8) is 0 Å². The topological polar surface area (TPSA) is 91.9 Å². The molecule has 6 heteroatoms. The van der Waals surface area contributed by atoms with Crippen LogP contribution in [0, 0.1) is 0 Å². The zero-order chi connectivity index (χ0) is 14.1. The van der Waals surface area contributed by atoms with Gasteiger partial charge in [0.1, 0.15) is 5.78 Å². The van der Waals surface area contributed by atoms with Crippen molar-refractivity contribution in [1.82, 2.24) is 15.5 Å². The number of nitrogens with one attached hydrogen (secondary N) is 2. The predicted octanol–water partition coefficient (Wildman–Crippen LogP) is 0.983. The fourth-order valence-corrected chi connectivity index (χ4v) is 2.39. The Labute approximate surface area is 114 Å². The summed E-state index contributed by atoms with van der Waals surface area (Å²) in [6, 6.07) is 6.69. The summed E-state index contributed by atoms with van der Waals surface area (Å²) in [6.07, 6.45) is 0.607. The van der Waals surface area contributed by atoms with Crippen LogP contribution in [-0.4, -0.2) is 33.7 Å². The van der Waals surface area contributed by atoms with E-state index in [0.717, 1.165) is 5.52 Å². The fraction of sp³-hybridized carbons (Fsp3) is 0.286. The third-order valence-corrected chi connectivity index (χ3v) is 3.46. The minimum atomic E-state index is -0.587. The number of rotatable bonds is 2. The molecule has 1 atom stereocenters. The average molecular weight is 271 g/mol. The lowest BCUT2D eigenvalue weighted by atomic mass is 9.93. The molecule has 1 amide bonds. The maximum absolute atomic E-state index is 12.2. The second-order valence-electron chi connectivity index (χ2n) is 4.86. The summed E-state index contributed by atoms with van der Waals surface area (Å²) < 4.78 is 0. The van der Waals surface area contributed by atoms with Crippen LogP contribution in [0.15, 0.2) is 24.3 Å². The average Bonchev–Trinajstić information content (AvgIpc) is 2.86. The highest BCUT2D eigenvalue weighted by Crippen LogP contribution is 2.16. The number of para-hydroxylation sites is 1. The molecule has 1 heterocycles. The lowest BCUT2D eigenvalue weighted by molar-refractivity contribution is -0.131. The van der Waals surface area contributed by atoms with Gasteiger partial charge >= 0.3 is 0 Å². The zero-order valence-corrected chi connectivity index (χ0v) is 10.7. The van der Waals surface area contributed by atoms with E-state index in [4.69, 9.17) is 0 Å². The fourth-order valence-electron chi connectivity index (χ4n) is 2.39. The first kappa shape index (κ1) is 12.5. The highest BCUT2D eigenvalue weighted by Gasteiger charge is 2.29. The van der Waals surface area contributed by atoms with Crippen LogP contribution >= 0.6 is 0 Å². The summed E-state index contributed by atoms with van der Waals surface area (Å²) in [4.78, 5) is 35.1. The van der Waals surface area contributed by atoms with E-state index in [2.05, 4.69) is 15.5 Å². The van der Waals surface area contributed by atoms with E-state index in [-0.39, 0.29) is 23.7 Å². The molecule has 1 aromatic carbocycles. The third-order valence-electron chi connectivity index (χ3n) is 3.46. The first-order chi connectivity index (χ1) is 9.65. The van der Waals surface area contributed by atoms with Crippen LogP contribution in [0.1, 0.15) is 29.8 Å². The number of aromatic nitrogens is 2. The Kier molecular flexibility index (Phi) is 3.06. The number of benzene rings is 1. The van der Waals surface area contributed by atoms with Gasteiger partial charge in [0.25, 0.3) is 5.91 Å². The molecule has 0 bridgehead atoms. The lowest BCUT2D eigenvalue weighted by Crippen LogP contribution is -2.44. The molecular weight excluding hydrogens is 258 g/mol. The SMILES string of the molecule is O=C1CCC(NC(=O)c2n[nH]c3ccccc23)C(=O)C1. The van der Waals surface area contributed by atoms with Crippen LogP contribution in [0.4, 0.5) is 0 Å². The van der Waals surface area contributed by atoms with Crippen LogP contribution < -0.4 is 5.32 Å². The molecule has 2 aromatic rings. The van der Waals surface area contributed by atoms with E-state index in [1.165, 1.54) is 0 Å². The van der Waals surface area contributed by atoms with Gasteiger partial charge in [-0.1, -0.05) is 18.2 Å². The smallest absolute Gasteiger partial charge is 0.273 e. The predicted molar refractivity (Wildman–Crippen MR) is 71.2 cm³/mol. The van der Waals surface area contributed by atoms with Gasteiger partial charge in [-0.25, -0.2) is 0 Å². The molecule has 1 aliphatic carbocycles. The van der Waals surface area contributed by atoms with Gasteiger partial charge in [0, 0.05) is 11.8 Å². The van der Waals surface area contributed by atoms with Crippen LogP contribution in [-0.2, 0) is 9.59 Å². The first-order valence-electron chi connectivity index (χ1n) is 6.43. The largest absolute Gasteiger partial charge is 0.341 e. The number of ketones is 2. The molecule has 6 nitrogen and oxygen atoms in total. The maximum atomic E-state index is 12.2. The molecule has 2 N–H and O–H groups in total. The van der Waals surface area contributed by atoms with Crippen molar-refractivity contribution >= 4 is 28.4 Å². The van der Waals surface area contributed by atoms with Gasteiger partial charge in [-0.05, 0) is 12.5 Å². The van der Waals surface area contributed by atoms with Gasteiger partial charge in [0.15, 0.2) is 11.5 Å². The first-order valence-corrected chi connectivity index (χ1v) is 6.43. The molecule has 1 fully saturated rings.